The Balaban J connectivity index is 2.74. The Labute approximate surface area is 115 Å². The molecule has 0 spiro atoms. The van der Waals surface area contributed by atoms with Gasteiger partial charge in [-0.15, -0.1) is 0 Å². The number of halogens is 2. The highest BCUT2D eigenvalue weighted by Crippen LogP contribution is 2.23. The second kappa shape index (κ2) is 7.18. The van der Waals surface area contributed by atoms with Gasteiger partial charge in [0.1, 0.15) is 5.70 Å². The van der Waals surface area contributed by atoms with E-state index in [4.69, 9.17) is 9.84 Å². The molecular formula is C12H18F2N2O4. The van der Waals surface area contributed by atoms with Crippen molar-refractivity contribution >= 4 is 12.0 Å². The first-order valence-corrected chi connectivity index (χ1v) is 6.33. The van der Waals surface area contributed by atoms with Gasteiger partial charge < -0.3 is 20.1 Å². The predicted octanol–water partition coefficient (Wildman–Crippen LogP) is 1.43. The molecule has 1 saturated heterocycles. The Morgan fingerprint density at radius 1 is 1.40 bits per heavy atom. The van der Waals surface area contributed by atoms with Crippen molar-refractivity contribution in [2.45, 2.75) is 25.7 Å². The van der Waals surface area contributed by atoms with Gasteiger partial charge in [-0.2, -0.15) is 0 Å². The summed E-state index contributed by atoms with van der Waals surface area (Å²) in [6, 6.07) is -0.714. The maximum absolute atomic E-state index is 13.4. The number of rotatable bonds is 5. The van der Waals surface area contributed by atoms with E-state index < -0.39 is 30.0 Å². The van der Waals surface area contributed by atoms with Gasteiger partial charge >= 0.3 is 12.0 Å². The third-order valence-electron chi connectivity index (χ3n) is 2.71. The van der Waals surface area contributed by atoms with Gasteiger partial charge in [-0.1, -0.05) is 13.3 Å². The van der Waals surface area contributed by atoms with E-state index in [1.54, 1.807) is 6.92 Å². The van der Waals surface area contributed by atoms with Crippen molar-refractivity contribution in [3.8, 4) is 0 Å². The van der Waals surface area contributed by atoms with Gasteiger partial charge in [0.25, 0.3) is 5.92 Å². The van der Waals surface area contributed by atoms with E-state index in [1.165, 1.54) is 4.90 Å². The molecule has 1 aliphatic heterocycles. The number of ether oxygens (including phenoxy) is 1. The minimum atomic E-state index is -3.26. The number of nitrogens with one attached hydrogen (secondary N) is 1. The van der Waals surface area contributed by atoms with Crippen molar-refractivity contribution in [3.63, 3.8) is 0 Å². The Morgan fingerprint density at radius 3 is 2.50 bits per heavy atom. The molecule has 8 heteroatoms. The first-order chi connectivity index (χ1) is 9.35. The summed E-state index contributed by atoms with van der Waals surface area (Å²) in [5.74, 6) is -4.86. The van der Waals surface area contributed by atoms with E-state index >= 15 is 0 Å². The van der Waals surface area contributed by atoms with Crippen molar-refractivity contribution in [1.82, 2.24) is 10.2 Å². The fourth-order valence-electron chi connectivity index (χ4n) is 1.73. The highest BCUT2D eigenvalue weighted by molar-refractivity contribution is 5.92. The molecule has 0 bridgehead atoms. The molecule has 0 aromatic carbocycles. The molecule has 0 aromatic heterocycles. The van der Waals surface area contributed by atoms with Crippen LogP contribution in [0, 0.1) is 0 Å². The van der Waals surface area contributed by atoms with Crippen LogP contribution in [0.4, 0.5) is 13.6 Å². The number of morpholine rings is 1. The van der Waals surface area contributed by atoms with E-state index in [1.807, 2.05) is 5.32 Å². The van der Waals surface area contributed by atoms with Crippen LogP contribution < -0.4 is 5.32 Å². The Kier molecular flexibility index (Phi) is 5.87. The molecule has 0 aromatic rings. The van der Waals surface area contributed by atoms with E-state index in [9.17, 15) is 18.4 Å². The molecule has 0 radical (unpaired) electrons. The van der Waals surface area contributed by atoms with E-state index in [2.05, 4.69) is 0 Å². The number of carboxylic acid groups (broad SMARTS) is 1. The predicted molar refractivity (Wildman–Crippen MR) is 66.5 cm³/mol. The van der Waals surface area contributed by atoms with Gasteiger partial charge in [0.2, 0.25) is 0 Å². The molecular weight excluding hydrogens is 274 g/mol. The van der Waals surface area contributed by atoms with Crippen LogP contribution in [-0.4, -0.2) is 54.2 Å². The fourth-order valence-corrected chi connectivity index (χ4v) is 1.73. The first-order valence-electron chi connectivity index (χ1n) is 6.33. The molecule has 0 aliphatic carbocycles. The van der Waals surface area contributed by atoms with Crippen molar-refractivity contribution in [2.75, 3.05) is 26.3 Å². The minimum absolute atomic E-state index is 0.202. The third kappa shape index (κ3) is 5.12. The number of carbonyl (C=O) groups is 2. The second-order valence-corrected chi connectivity index (χ2v) is 4.40. The minimum Gasteiger partial charge on any atom is -0.477 e. The monoisotopic (exact) mass is 292 g/mol. The number of alkyl halides is 2. The van der Waals surface area contributed by atoms with Gasteiger partial charge in [-0.3, -0.25) is 0 Å². The molecule has 0 saturated carbocycles. The molecule has 114 valence electrons. The van der Waals surface area contributed by atoms with Gasteiger partial charge in [-0.25, -0.2) is 18.4 Å². The number of allylic oxidation sites excluding steroid dienone is 1. The number of nitrogens with zero attached hydrogens (tertiary/aromatic N) is 1. The van der Waals surface area contributed by atoms with E-state index in [0.29, 0.717) is 26.3 Å². The van der Waals surface area contributed by atoms with Crippen LogP contribution in [0.5, 0.6) is 0 Å². The van der Waals surface area contributed by atoms with Crippen molar-refractivity contribution < 1.29 is 28.2 Å². The Morgan fingerprint density at radius 2 is 2.00 bits per heavy atom. The average Bonchev–Trinajstić information content (AvgIpc) is 2.38. The van der Waals surface area contributed by atoms with Crippen LogP contribution in [0.1, 0.15) is 19.8 Å². The van der Waals surface area contributed by atoms with Gasteiger partial charge in [0.15, 0.2) is 0 Å². The van der Waals surface area contributed by atoms with Crippen LogP contribution in [0.25, 0.3) is 0 Å². The largest absolute Gasteiger partial charge is 0.477 e. The van der Waals surface area contributed by atoms with Gasteiger partial charge in [0.05, 0.1) is 13.2 Å². The SMILES string of the molecule is CCCC(F)(F)/C=C(/NC(=O)N1CCOCC1)C(=O)O. The van der Waals surface area contributed by atoms with Gasteiger partial charge in [0, 0.05) is 25.6 Å². The number of amides is 2. The van der Waals surface area contributed by atoms with Crippen molar-refractivity contribution in [1.29, 1.82) is 0 Å². The van der Waals surface area contributed by atoms with Crippen LogP contribution in [0.3, 0.4) is 0 Å². The lowest BCUT2D eigenvalue weighted by molar-refractivity contribution is -0.133. The maximum atomic E-state index is 13.4. The molecule has 0 unspecified atom stereocenters. The summed E-state index contributed by atoms with van der Waals surface area (Å²) in [6.45, 7) is 2.83. The normalized spacial score (nSPS) is 16.9. The fraction of sp³-hybridized carbons (Fsp3) is 0.667. The van der Waals surface area contributed by atoms with Crippen LogP contribution >= 0.6 is 0 Å². The zero-order valence-corrected chi connectivity index (χ0v) is 11.2. The summed E-state index contributed by atoms with van der Waals surface area (Å²) < 4.78 is 31.8. The quantitative estimate of drug-likeness (QED) is 0.751. The molecule has 1 aliphatic rings. The molecule has 0 atom stereocenters. The summed E-state index contributed by atoms with van der Waals surface area (Å²) in [5.41, 5.74) is -0.806. The summed E-state index contributed by atoms with van der Waals surface area (Å²) in [4.78, 5) is 24.0. The van der Waals surface area contributed by atoms with Crippen LogP contribution in [-0.2, 0) is 9.53 Å². The maximum Gasteiger partial charge on any atom is 0.352 e. The molecule has 2 amide bonds. The highest BCUT2D eigenvalue weighted by atomic mass is 19.3. The second-order valence-electron chi connectivity index (χ2n) is 4.40. The Bertz CT molecular complexity index is 393. The van der Waals surface area contributed by atoms with E-state index in [-0.39, 0.29) is 12.5 Å². The smallest absolute Gasteiger partial charge is 0.352 e. The topological polar surface area (TPSA) is 78.9 Å². The third-order valence-corrected chi connectivity index (χ3v) is 2.71. The molecule has 20 heavy (non-hydrogen) atoms. The summed E-state index contributed by atoms with van der Waals surface area (Å²) >= 11 is 0. The van der Waals surface area contributed by atoms with Crippen LogP contribution in [0.15, 0.2) is 11.8 Å². The lowest BCUT2D eigenvalue weighted by atomic mass is 10.1. The molecule has 1 fully saturated rings. The standard InChI is InChI=1S/C12H18F2N2O4/c1-2-3-12(13,14)8-9(10(17)18)15-11(19)16-4-6-20-7-5-16/h8H,2-7H2,1H3,(H,15,19)(H,17,18)/b9-8+. The van der Waals surface area contributed by atoms with Gasteiger partial charge in [-0.05, 0) is 0 Å². The molecule has 2 N–H and O–H groups in total. The lowest BCUT2D eigenvalue weighted by Crippen LogP contribution is -2.46. The summed E-state index contributed by atoms with van der Waals surface area (Å²) in [7, 11) is 0. The molecule has 1 heterocycles. The number of carboxylic acids is 1. The summed E-state index contributed by atoms with van der Waals surface area (Å²) in [5, 5.41) is 10.9. The highest BCUT2D eigenvalue weighted by Gasteiger charge is 2.29. The molecule has 1 rings (SSSR count). The molecule has 6 nitrogen and oxygen atoms in total. The van der Waals surface area contributed by atoms with E-state index in [0.717, 1.165) is 0 Å². The average molecular weight is 292 g/mol. The van der Waals surface area contributed by atoms with Crippen molar-refractivity contribution in [3.05, 3.63) is 11.8 Å². The zero-order chi connectivity index (χ0) is 15.2. The van der Waals surface area contributed by atoms with Crippen molar-refractivity contribution in [2.24, 2.45) is 0 Å². The number of aliphatic carboxylic acids is 1. The first kappa shape index (κ1) is 16.4. The number of carbonyl (C=O) groups excluding carboxylic acids is 1. The summed E-state index contributed by atoms with van der Waals surface area (Å²) in [6.07, 6.45) is 0.0161. The van der Waals surface area contributed by atoms with Crippen LogP contribution in [0.2, 0.25) is 0 Å². The zero-order valence-electron chi connectivity index (χ0n) is 11.2. The number of urea groups is 1. The lowest BCUT2D eigenvalue weighted by Gasteiger charge is -2.27. The number of hydrogen-bond acceptors (Lipinski definition) is 3. The number of hydrogen-bond donors (Lipinski definition) is 2. The Hall–Kier alpha value is -1.70.